The standard InChI is InChI=1S/C15H23N3O3/c1-11(14(19)20)10-18(4)15(21)16-9-12-6-5-7-13(8-12)17(2)3/h5-8,11H,9-10H2,1-4H3,(H,16,21)(H,19,20). The molecule has 0 aliphatic carbocycles. The van der Waals surface area contributed by atoms with Gasteiger partial charge in [0.25, 0.3) is 0 Å². The molecule has 1 rings (SSSR count). The van der Waals surface area contributed by atoms with E-state index in [1.54, 1.807) is 14.0 Å². The van der Waals surface area contributed by atoms with Gasteiger partial charge >= 0.3 is 12.0 Å². The number of carbonyl (C=O) groups is 2. The summed E-state index contributed by atoms with van der Waals surface area (Å²) in [5.41, 5.74) is 2.06. The molecule has 1 atom stereocenters. The fraction of sp³-hybridized carbons (Fsp3) is 0.467. The lowest BCUT2D eigenvalue weighted by atomic mass is 10.2. The Bertz CT molecular complexity index is 503. The van der Waals surface area contributed by atoms with E-state index < -0.39 is 11.9 Å². The first kappa shape index (κ1) is 16.8. The summed E-state index contributed by atoms with van der Waals surface area (Å²) < 4.78 is 0. The topological polar surface area (TPSA) is 72.9 Å². The number of carboxylic acids is 1. The van der Waals surface area contributed by atoms with Crippen molar-refractivity contribution in [1.82, 2.24) is 10.2 Å². The molecule has 6 nitrogen and oxygen atoms in total. The Morgan fingerprint density at radius 1 is 1.29 bits per heavy atom. The molecule has 0 radical (unpaired) electrons. The highest BCUT2D eigenvalue weighted by Gasteiger charge is 2.17. The van der Waals surface area contributed by atoms with Crippen LogP contribution < -0.4 is 10.2 Å². The molecule has 21 heavy (non-hydrogen) atoms. The molecular weight excluding hydrogens is 270 g/mol. The number of carboxylic acid groups (broad SMARTS) is 1. The summed E-state index contributed by atoms with van der Waals surface area (Å²) in [6, 6.07) is 7.59. The van der Waals surface area contributed by atoms with Gasteiger partial charge in [-0.15, -0.1) is 0 Å². The van der Waals surface area contributed by atoms with E-state index in [-0.39, 0.29) is 12.6 Å². The molecule has 2 amide bonds. The van der Waals surface area contributed by atoms with Crippen molar-refractivity contribution < 1.29 is 14.7 Å². The van der Waals surface area contributed by atoms with Crippen molar-refractivity contribution >= 4 is 17.7 Å². The van der Waals surface area contributed by atoms with Crippen molar-refractivity contribution in [2.75, 3.05) is 32.6 Å². The van der Waals surface area contributed by atoms with E-state index in [9.17, 15) is 9.59 Å². The molecule has 6 heteroatoms. The Balaban J connectivity index is 2.52. The Labute approximate surface area is 125 Å². The highest BCUT2D eigenvalue weighted by molar-refractivity contribution is 5.75. The number of nitrogens with zero attached hydrogens (tertiary/aromatic N) is 2. The van der Waals surface area contributed by atoms with Crippen LogP contribution in [-0.4, -0.2) is 49.7 Å². The number of anilines is 1. The predicted octanol–water partition coefficient (Wildman–Crippen LogP) is 1.61. The molecule has 0 saturated carbocycles. The molecule has 1 unspecified atom stereocenters. The van der Waals surface area contributed by atoms with Crippen molar-refractivity contribution in [2.45, 2.75) is 13.5 Å². The number of hydrogen-bond donors (Lipinski definition) is 2. The smallest absolute Gasteiger partial charge is 0.317 e. The van der Waals surface area contributed by atoms with Gasteiger partial charge in [0.15, 0.2) is 0 Å². The van der Waals surface area contributed by atoms with Crippen molar-refractivity contribution in [1.29, 1.82) is 0 Å². The summed E-state index contributed by atoms with van der Waals surface area (Å²) >= 11 is 0. The van der Waals surface area contributed by atoms with Gasteiger partial charge in [-0.25, -0.2) is 4.79 Å². The van der Waals surface area contributed by atoms with E-state index in [1.165, 1.54) is 4.90 Å². The first-order valence-corrected chi connectivity index (χ1v) is 6.79. The summed E-state index contributed by atoms with van der Waals surface area (Å²) in [7, 11) is 5.50. The van der Waals surface area contributed by atoms with Crippen molar-refractivity contribution in [3.05, 3.63) is 29.8 Å². The summed E-state index contributed by atoms with van der Waals surface area (Å²) in [6.07, 6.45) is 0. The molecule has 116 valence electrons. The van der Waals surface area contributed by atoms with Crippen LogP contribution in [-0.2, 0) is 11.3 Å². The van der Waals surface area contributed by atoms with E-state index in [1.807, 2.05) is 43.3 Å². The monoisotopic (exact) mass is 293 g/mol. The lowest BCUT2D eigenvalue weighted by Crippen LogP contribution is -2.40. The molecule has 0 aliphatic rings. The van der Waals surface area contributed by atoms with Crippen molar-refractivity contribution in [3.8, 4) is 0 Å². The zero-order valence-corrected chi connectivity index (χ0v) is 13.0. The first-order chi connectivity index (χ1) is 9.81. The lowest BCUT2D eigenvalue weighted by molar-refractivity contribution is -0.141. The number of hydrogen-bond acceptors (Lipinski definition) is 3. The minimum atomic E-state index is -0.909. The number of amides is 2. The van der Waals surface area contributed by atoms with Crippen LogP contribution in [0.3, 0.4) is 0 Å². The number of nitrogens with one attached hydrogen (secondary N) is 1. The Hall–Kier alpha value is -2.24. The van der Waals surface area contributed by atoms with Crippen LogP contribution in [0.1, 0.15) is 12.5 Å². The normalized spacial score (nSPS) is 11.6. The van der Waals surface area contributed by atoms with Crippen LogP contribution in [0.4, 0.5) is 10.5 Å². The fourth-order valence-electron chi connectivity index (χ4n) is 1.83. The molecule has 0 fully saturated rings. The summed E-state index contributed by atoms with van der Waals surface area (Å²) in [4.78, 5) is 26.1. The average Bonchev–Trinajstić information content (AvgIpc) is 2.44. The zero-order chi connectivity index (χ0) is 16.0. The van der Waals surface area contributed by atoms with Crippen LogP contribution in [0.5, 0.6) is 0 Å². The van der Waals surface area contributed by atoms with Gasteiger partial charge in [0.05, 0.1) is 5.92 Å². The molecule has 0 spiro atoms. The maximum atomic E-state index is 11.9. The highest BCUT2D eigenvalue weighted by Crippen LogP contribution is 2.13. The number of aliphatic carboxylic acids is 1. The third-order valence-electron chi connectivity index (χ3n) is 3.19. The van der Waals surface area contributed by atoms with E-state index in [0.717, 1.165) is 11.3 Å². The quantitative estimate of drug-likeness (QED) is 0.836. The number of urea groups is 1. The van der Waals surface area contributed by atoms with Crippen LogP contribution in [0.25, 0.3) is 0 Å². The van der Waals surface area contributed by atoms with Crippen LogP contribution in [0, 0.1) is 5.92 Å². The minimum absolute atomic E-state index is 0.179. The van der Waals surface area contributed by atoms with Gasteiger partial charge in [-0.05, 0) is 17.7 Å². The van der Waals surface area contributed by atoms with Crippen molar-refractivity contribution in [3.63, 3.8) is 0 Å². The average molecular weight is 293 g/mol. The molecular formula is C15H23N3O3. The second kappa shape index (κ2) is 7.52. The molecule has 2 N–H and O–H groups in total. The molecule has 0 heterocycles. The fourth-order valence-corrected chi connectivity index (χ4v) is 1.83. The summed E-state index contributed by atoms with van der Waals surface area (Å²) in [5, 5.41) is 11.6. The van der Waals surface area contributed by atoms with Crippen LogP contribution in [0.2, 0.25) is 0 Å². The van der Waals surface area contributed by atoms with Gasteiger partial charge in [-0.1, -0.05) is 19.1 Å². The van der Waals surface area contributed by atoms with Gasteiger partial charge in [0, 0.05) is 39.9 Å². The van der Waals surface area contributed by atoms with Crippen LogP contribution >= 0.6 is 0 Å². The summed E-state index contributed by atoms with van der Waals surface area (Å²) in [6.45, 7) is 2.16. The van der Waals surface area contributed by atoms with Gasteiger partial charge in [-0.2, -0.15) is 0 Å². The Morgan fingerprint density at radius 2 is 1.95 bits per heavy atom. The Morgan fingerprint density at radius 3 is 2.52 bits per heavy atom. The molecule has 0 bridgehead atoms. The highest BCUT2D eigenvalue weighted by atomic mass is 16.4. The van der Waals surface area contributed by atoms with Gasteiger partial charge < -0.3 is 20.2 Å². The predicted molar refractivity (Wildman–Crippen MR) is 82.4 cm³/mol. The largest absolute Gasteiger partial charge is 0.481 e. The lowest BCUT2D eigenvalue weighted by Gasteiger charge is -2.20. The Kier molecular flexibility index (Phi) is 6.02. The van der Waals surface area contributed by atoms with Gasteiger partial charge in [0.1, 0.15) is 0 Å². The SMILES string of the molecule is CC(CN(C)C(=O)NCc1cccc(N(C)C)c1)C(=O)O. The van der Waals surface area contributed by atoms with Gasteiger partial charge in [0.2, 0.25) is 0 Å². The maximum Gasteiger partial charge on any atom is 0.317 e. The molecule has 1 aromatic carbocycles. The van der Waals surface area contributed by atoms with E-state index in [4.69, 9.17) is 5.11 Å². The zero-order valence-electron chi connectivity index (χ0n) is 13.0. The maximum absolute atomic E-state index is 11.9. The number of benzene rings is 1. The van der Waals surface area contributed by atoms with E-state index >= 15 is 0 Å². The van der Waals surface area contributed by atoms with E-state index in [2.05, 4.69) is 5.32 Å². The first-order valence-electron chi connectivity index (χ1n) is 6.79. The molecule has 0 aromatic heterocycles. The van der Waals surface area contributed by atoms with Gasteiger partial charge in [-0.3, -0.25) is 4.79 Å². The van der Waals surface area contributed by atoms with Crippen LogP contribution in [0.15, 0.2) is 24.3 Å². The third kappa shape index (κ3) is 5.33. The summed E-state index contributed by atoms with van der Waals surface area (Å²) in [5.74, 6) is -1.49. The molecule has 0 aliphatic heterocycles. The number of rotatable bonds is 6. The molecule has 1 aromatic rings. The van der Waals surface area contributed by atoms with Crippen molar-refractivity contribution in [2.24, 2.45) is 5.92 Å². The number of carbonyl (C=O) groups excluding carboxylic acids is 1. The second-order valence-electron chi connectivity index (χ2n) is 5.34. The second-order valence-corrected chi connectivity index (χ2v) is 5.34. The molecule has 0 saturated heterocycles. The minimum Gasteiger partial charge on any atom is -0.481 e. The van der Waals surface area contributed by atoms with E-state index in [0.29, 0.717) is 6.54 Å². The third-order valence-corrected chi connectivity index (χ3v) is 3.19.